The summed E-state index contributed by atoms with van der Waals surface area (Å²) in [4.78, 5) is 14.7. The second-order valence-electron chi connectivity index (χ2n) is 4.77. The third-order valence-electron chi connectivity index (χ3n) is 3.11. The minimum atomic E-state index is -0.360. The number of rotatable bonds is 1. The summed E-state index contributed by atoms with van der Waals surface area (Å²) < 4.78 is 14.7. The fourth-order valence-electron chi connectivity index (χ4n) is 2.42. The fraction of sp³-hybridized carbons (Fsp3) is 0.133. The van der Waals surface area contributed by atoms with Crippen molar-refractivity contribution in [3.05, 3.63) is 63.8 Å². The average Bonchev–Trinajstić information content (AvgIpc) is 2.62. The molecule has 0 aliphatic heterocycles. The van der Waals surface area contributed by atoms with Gasteiger partial charge in [0.2, 0.25) is 0 Å². The van der Waals surface area contributed by atoms with Gasteiger partial charge in [-0.25, -0.2) is 9.18 Å². The molecule has 0 amide bonds. The Balaban J connectivity index is 2.36. The van der Waals surface area contributed by atoms with Crippen molar-refractivity contribution in [2.75, 3.05) is 0 Å². The molecular weight excluding hydrogens is 243 g/mol. The first-order valence-corrected chi connectivity index (χ1v) is 6.03. The molecule has 0 saturated carbocycles. The van der Waals surface area contributed by atoms with Gasteiger partial charge in [-0.2, -0.15) is 0 Å². The lowest BCUT2D eigenvalue weighted by Crippen LogP contribution is -2.14. The molecule has 0 bridgehead atoms. The third kappa shape index (κ3) is 1.95. The normalized spacial score (nSPS) is 11.1. The van der Waals surface area contributed by atoms with Crippen molar-refractivity contribution >= 4 is 11.0 Å². The molecule has 1 aromatic heterocycles. The van der Waals surface area contributed by atoms with E-state index in [-0.39, 0.29) is 11.5 Å². The van der Waals surface area contributed by atoms with Crippen molar-refractivity contribution in [2.45, 2.75) is 13.8 Å². The number of aryl methyl sites for hydroxylation is 2. The Hall–Kier alpha value is -2.36. The Morgan fingerprint density at radius 1 is 1.05 bits per heavy atom. The number of hydrogen-bond donors (Lipinski definition) is 1. The average molecular weight is 256 g/mol. The van der Waals surface area contributed by atoms with Gasteiger partial charge in [-0.15, -0.1) is 0 Å². The first kappa shape index (κ1) is 11.7. The highest BCUT2D eigenvalue weighted by molar-refractivity contribution is 5.77. The highest BCUT2D eigenvalue weighted by atomic mass is 19.1. The molecule has 0 aliphatic carbocycles. The molecule has 0 aliphatic rings. The van der Waals surface area contributed by atoms with E-state index < -0.39 is 0 Å². The van der Waals surface area contributed by atoms with Gasteiger partial charge in [0.05, 0.1) is 16.7 Å². The number of hydrogen-bond acceptors (Lipinski definition) is 1. The van der Waals surface area contributed by atoms with Gasteiger partial charge < -0.3 is 4.98 Å². The van der Waals surface area contributed by atoms with E-state index in [9.17, 15) is 9.18 Å². The zero-order valence-electron chi connectivity index (χ0n) is 10.7. The second kappa shape index (κ2) is 4.09. The molecule has 1 heterocycles. The van der Waals surface area contributed by atoms with Crippen molar-refractivity contribution in [3.8, 4) is 5.69 Å². The number of nitrogens with one attached hydrogen (secondary N) is 1. The summed E-state index contributed by atoms with van der Waals surface area (Å²) in [6, 6.07) is 10.2. The summed E-state index contributed by atoms with van der Waals surface area (Å²) in [7, 11) is 0. The molecule has 3 nitrogen and oxygen atoms in total. The van der Waals surface area contributed by atoms with E-state index >= 15 is 0 Å². The van der Waals surface area contributed by atoms with Crippen molar-refractivity contribution in [1.82, 2.24) is 9.55 Å². The minimum absolute atomic E-state index is 0.259. The van der Waals surface area contributed by atoms with E-state index in [4.69, 9.17) is 0 Å². The molecule has 0 atom stereocenters. The van der Waals surface area contributed by atoms with E-state index in [1.165, 1.54) is 12.1 Å². The maximum absolute atomic E-state index is 13.2. The van der Waals surface area contributed by atoms with Crippen molar-refractivity contribution in [3.63, 3.8) is 0 Å². The van der Waals surface area contributed by atoms with Gasteiger partial charge in [-0.1, -0.05) is 6.07 Å². The van der Waals surface area contributed by atoms with Crippen LogP contribution in [0.25, 0.3) is 16.7 Å². The van der Waals surface area contributed by atoms with E-state index in [2.05, 4.69) is 4.98 Å². The lowest BCUT2D eigenvalue weighted by molar-refractivity contribution is 0.629. The van der Waals surface area contributed by atoms with Gasteiger partial charge in [0.1, 0.15) is 5.82 Å². The highest BCUT2D eigenvalue weighted by Crippen LogP contribution is 2.18. The number of aromatic nitrogens is 2. The number of fused-ring (bicyclic) bond motifs is 1. The van der Waals surface area contributed by atoms with Crippen LogP contribution in [0.1, 0.15) is 11.1 Å². The van der Waals surface area contributed by atoms with Crippen molar-refractivity contribution in [2.24, 2.45) is 0 Å². The molecule has 19 heavy (non-hydrogen) atoms. The third-order valence-corrected chi connectivity index (χ3v) is 3.11. The summed E-state index contributed by atoms with van der Waals surface area (Å²) >= 11 is 0. The Morgan fingerprint density at radius 3 is 2.42 bits per heavy atom. The predicted octanol–water partition coefficient (Wildman–Crippen LogP) is 3.07. The Labute approximate surface area is 109 Å². The van der Waals surface area contributed by atoms with Crippen LogP contribution in [0, 0.1) is 19.7 Å². The number of halogens is 1. The predicted molar refractivity (Wildman–Crippen MR) is 73.3 cm³/mol. The molecular formula is C15H13FN2O. The van der Waals surface area contributed by atoms with E-state index in [0.717, 1.165) is 16.8 Å². The maximum atomic E-state index is 13.2. The van der Waals surface area contributed by atoms with E-state index in [1.807, 2.05) is 32.0 Å². The fourth-order valence-corrected chi connectivity index (χ4v) is 2.42. The number of nitrogens with zero attached hydrogens (tertiary/aromatic N) is 1. The van der Waals surface area contributed by atoms with Crippen LogP contribution in [-0.2, 0) is 0 Å². The van der Waals surface area contributed by atoms with Gasteiger partial charge >= 0.3 is 5.69 Å². The minimum Gasteiger partial charge on any atom is -0.305 e. The van der Waals surface area contributed by atoms with Crippen LogP contribution in [0.15, 0.2) is 41.2 Å². The topological polar surface area (TPSA) is 37.8 Å². The molecule has 0 radical (unpaired) electrons. The molecule has 0 fully saturated rings. The number of imidazole rings is 1. The van der Waals surface area contributed by atoms with Crippen LogP contribution in [-0.4, -0.2) is 9.55 Å². The van der Waals surface area contributed by atoms with Crippen LogP contribution >= 0.6 is 0 Å². The van der Waals surface area contributed by atoms with Crippen LogP contribution in [0.4, 0.5) is 4.39 Å². The smallest absolute Gasteiger partial charge is 0.305 e. The zero-order valence-corrected chi connectivity index (χ0v) is 10.7. The Bertz CT molecular complexity index is 810. The summed E-state index contributed by atoms with van der Waals surface area (Å²) in [6.07, 6.45) is 0. The van der Waals surface area contributed by atoms with Gasteiger partial charge in [-0.05, 0) is 55.3 Å². The molecule has 2 aromatic carbocycles. The monoisotopic (exact) mass is 256 g/mol. The van der Waals surface area contributed by atoms with Crippen LogP contribution in [0.5, 0.6) is 0 Å². The molecule has 0 spiro atoms. The largest absolute Gasteiger partial charge is 0.331 e. The Kier molecular flexibility index (Phi) is 2.52. The summed E-state index contributed by atoms with van der Waals surface area (Å²) in [5, 5.41) is 0. The first-order chi connectivity index (χ1) is 9.04. The summed E-state index contributed by atoms with van der Waals surface area (Å²) in [5.74, 6) is -0.360. The highest BCUT2D eigenvalue weighted by Gasteiger charge is 2.09. The van der Waals surface area contributed by atoms with Gasteiger partial charge in [0, 0.05) is 0 Å². The molecule has 0 unspecified atom stereocenters. The molecule has 4 heteroatoms. The number of aromatic amines is 1. The molecule has 3 rings (SSSR count). The van der Waals surface area contributed by atoms with E-state index in [0.29, 0.717) is 11.0 Å². The molecule has 0 saturated heterocycles. The Morgan fingerprint density at radius 2 is 1.74 bits per heavy atom. The lowest BCUT2D eigenvalue weighted by atomic mass is 10.1. The second-order valence-corrected chi connectivity index (χ2v) is 4.77. The van der Waals surface area contributed by atoms with Gasteiger partial charge in [-0.3, -0.25) is 4.57 Å². The van der Waals surface area contributed by atoms with Crippen LogP contribution in [0.3, 0.4) is 0 Å². The van der Waals surface area contributed by atoms with Gasteiger partial charge in [0.25, 0.3) is 0 Å². The molecule has 1 N–H and O–H groups in total. The quantitative estimate of drug-likeness (QED) is 0.714. The SMILES string of the molecule is Cc1cc(C)cc(-n2c(=O)[nH]c3cc(F)ccc32)c1. The van der Waals surface area contributed by atoms with Crippen molar-refractivity contribution in [1.29, 1.82) is 0 Å². The van der Waals surface area contributed by atoms with Crippen molar-refractivity contribution < 1.29 is 4.39 Å². The number of benzene rings is 2. The maximum Gasteiger partial charge on any atom is 0.331 e. The first-order valence-electron chi connectivity index (χ1n) is 6.03. The zero-order chi connectivity index (χ0) is 13.6. The number of H-pyrrole nitrogens is 1. The summed E-state index contributed by atoms with van der Waals surface area (Å²) in [6.45, 7) is 3.96. The van der Waals surface area contributed by atoms with E-state index in [1.54, 1.807) is 10.6 Å². The standard InChI is InChI=1S/C15H13FN2O/c1-9-5-10(2)7-12(6-9)18-14-4-3-11(16)8-13(14)17-15(18)19/h3-8H,1-2H3,(H,17,19). The molecule has 96 valence electrons. The van der Waals surface area contributed by atoms with Crippen LogP contribution < -0.4 is 5.69 Å². The lowest BCUT2D eigenvalue weighted by Gasteiger charge is -2.06. The summed E-state index contributed by atoms with van der Waals surface area (Å²) in [5.41, 5.74) is 3.88. The van der Waals surface area contributed by atoms with Crippen LogP contribution in [0.2, 0.25) is 0 Å². The molecule has 3 aromatic rings. The van der Waals surface area contributed by atoms with Gasteiger partial charge in [0.15, 0.2) is 0 Å².